The van der Waals surface area contributed by atoms with Crippen molar-refractivity contribution in [1.82, 2.24) is 0 Å². The Morgan fingerprint density at radius 3 is 2.12 bits per heavy atom. The summed E-state index contributed by atoms with van der Waals surface area (Å²) >= 11 is 0. The summed E-state index contributed by atoms with van der Waals surface area (Å²) in [6.45, 7) is 19.0. The first-order valence-corrected chi connectivity index (χ1v) is 18.9. The minimum atomic E-state index is -0.650. The van der Waals surface area contributed by atoms with Crippen molar-refractivity contribution in [2.75, 3.05) is 11.9 Å². The second-order valence-electron chi connectivity index (χ2n) is 18.6. The van der Waals surface area contributed by atoms with Gasteiger partial charge in [0.1, 0.15) is 12.2 Å². The molecule has 0 radical (unpaired) electrons. The highest BCUT2D eigenvalue weighted by molar-refractivity contribution is 5.93. The molecule has 1 N–H and O–H groups in total. The number of anilines is 1. The minimum absolute atomic E-state index is 0.0444. The van der Waals surface area contributed by atoms with Crippen LogP contribution in [0.4, 0.5) is 5.69 Å². The average Bonchev–Trinajstić information content (AvgIpc) is 3.02. The summed E-state index contributed by atoms with van der Waals surface area (Å²) in [5, 5.41) is 2.85. The van der Waals surface area contributed by atoms with Crippen molar-refractivity contribution >= 4 is 29.5 Å². The molecule has 4 fully saturated rings. The molecule has 0 unspecified atom stereocenters. The van der Waals surface area contributed by atoms with Crippen LogP contribution in [0.2, 0.25) is 0 Å². The highest BCUT2D eigenvalue weighted by Gasteiger charge is 2.71. The Labute approximate surface area is 298 Å². The molecule has 0 aliphatic heterocycles. The highest BCUT2D eigenvalue weighted by atomic mass is 16.6. The number of carbonyl (C=O) groups is 4. The van der Waals surface area contributed by atoms with Gasteiger partial charge in [-0.15, -0.1) is 0 Å². The predicted molar refractivity (Wildman–Crippen MR) is 192 cm³/mol. The zero-order valence-corrected chi connectivity index (χ0v) is 31.8. The molecular weight excluding hydrogens is 630 g/mol. The quantitative estimate of drug-likeness (QED) is 0.181. The van der Waals surface area contributed by atoms with Gasteiger partial charge in [-0.05, 0) is 109 Å². The van der Waals surface area contributed by atoms with E-state index in [4.69, 9.17) is 14.2 Å². The number of esters is 3. The zero-order chi connectivity index (χ0) is 36.5. The number of nitrogens with one attached hydrogen (secondary N) is 1. The maximum Gasteiger partial charge on any atom is 0.313 e. The van der Waals surface area contributed by atoms with Crippen molar-refractivity contribution in [1.29, 1.82) is 0 Å². The third kappa shape index (κ3) is 5.81. The fourth-order valence-electron chi connectivity index (χ4n) is 12.4. The number of para-hydroxylation sites is 1. The van der Waals surface area contributed by atoms with Gasteiger partial charge < -0.3 is 19.5 Å². The molecular formula is C42H59NO7. The number of ether oxygens (including phenoxy) is 3. The number of amides is 1. The lowest BCUT2D eigenvalue weighted by atomic mass is 9.33. The predicted octanol–water partition coefficient (Wildman–Crippen LogP) is 8.44. The average molecular weight is 690 g/mol. The molecule has 0 spiro atoms. The van der Waals surface area contributed by atoms with E-state index < -0.39 is 23.0 Å². The second-order valence-corrected chi connectivity index (χ2v) is 18.6. The fourth-order valence-corrected chi connectivity index (χ4v) is 12.4. The summed E-state index contributed by atoms with van der Waals surface area (Å²) in [5.74, 6) is -0.630. The van der Waals surface area contributed by atoms with Crippen LogP contribution in [0.1, 0.15) is 120 Å². The molecule has 50 heavy (non-hydrogen) atoms. The summed E-state index contributed by atoms with van der Waals surface area (Å²) < 4.78 is 17.9. The normalized spacial score (nSPS) is 39.5. The molecule has 5 aliphatic carbocycles. The van der Waals surface area contributed by atoms with Gasteiger partial charge in [0, 0.05) is 24.9 Å². The molecule has 0 bridgehead atoms. The van der Waals surface area contributed by atoms with Crippen molar-refractivity contribution in [3.8, 4) is 0 Å². The number of fused-ring (bicyclic) bond motifs is 7. The molecule has 8 nitrogen and oxygen atoms in total. The largest absolute Gasteiger partial charge is 0.459 e. The van der Waals surface area contributed by atoms with Crippen LogP contribution < -0.4 is 5.32 Å². The van der Waals surface area contributed by atoms with Crippen LogP contribution in [0.25, 0.3) is 0 Å². The van der Waals surface area contributed by atoms with Crippen LogP contribution in [0.5, 0.6) is 0 Å². The summed E-state index contributed by atoms with van der Waals surface area (Å²) in [6, 6.07) is 9.25. The molecule has 0 heterocycles. The van der Waals surface area contributed by atoms with Crippen molar-refractivity contribution in [3.05, 3.63) is 42.0 Å². The molecule has 9 atom stereocenters. The van der Waals surface area contributed by atoms with Gasteiger partial charge in [-0.25, -0.2) is 0 Å². The summed E-state index contributed by atoms with van der Waals surface area (Å²) in [7, 11) is 0. The SMILES string of the molecule is CC(=O)O[C@@H]1C[C@]2(C)[C@H]3CC=C4[C@@H]5CC(C)(C)CC[C@]5(C(=O)OCC(=O)Nc5ccccc5)CC[C@@]4(C)[C@]3(C)CC[C@H]2C(C)(C)[C@H]1OC(C)=O. The van der Waals surface area contributed by atoms with Crippen molar-refractivity contribution in [2.45, 2.75) is 132 Å². The van der Waals surface area contributed by atoms with Gasteiger partial charge in [0.05, 0.1) is 5.41 Å². The molecule has 1 amide bonds. The Morgan fingerprint density at radius 1 is 0.800 bits per heavy atom. The van der Waals surface area contributed by atoms with Crippen LogP contribution >= 0.6 is 0 Å². The minimum Gasteiger partial charge on any atom is -0.459 e. The van der Waals surface area contributed by atoms with E-state index in [1.807, 2.05) is 30.3 Å². The van der Waals surface area contributed by atoms with E-state index in [0.29, 0.717) is 18.0 Å². The number of allylic oxidation sites excluding steroid dienone is 2. The maximum absolute atomic E-state index is 14.3. The molecule has 0 aromatic heterocycles. The van der Waals surface area contributed by atoms with Gasteiger partial charge in [0.25, 0.3) is 5.91 Å². The Morgan fingerprint density at radius 2 is 1.46 bits per heavy atom. The topological polar surface area (TPSA) is 108 Å². The van der Waals surface area contributed by atoms with Crippen molar-refractivity contribution < 1.29 is 33.4 Å². The summed E-state index contributed by atoms with van der Waals surface area (Å²) in [5.41, 5.74) is 0.773. The van der Waals surface area contributed by atoms with E-state index in [2.05, 4.69) is 59.9 Å². The molecule has 5 aliphatic rings. The third-order valence-corrected chi connectivity index (χ3v) is 14.9. The molecule has 274 valence electrons. The molecule has 8 heteroatoms. The fraction of sp³-hybridized carbons (Fsp3) is 0.714. The Bertz CT molecular complexity index is 1560. The van der Waals surface area contributed by atoms with Gasteiger partial charge >= 0.3 is 17.9 Å². The van der Waals surface area contributed by atoms with Gasteiger partial charge in [-0.3, -0.25) is 19.2 Å². The van der Waals surface area contributed by atoms with Crippen LogP contribution in [0, 0.1) is 50.2 Å². The lowest BCUT2D eigenvalue weighted by Gasteiger charge is -2.71. The van der Waals surface area contributed by atoms with Crippen LogP contribution in [0.3, 0.4) is 0 Å². The molecule has 4 saturated carbocycles. The lowest BCUT2D eigenvalue weighted by molar-refractivity contribution is -0.244. The van der Waals surface area contributed by atoms with Crippen LogP contribution in [-0.4, -0.2) is 42.6 Å². The maximum atomic E-state index is 14.3. The molecule has 1 aromatic rings. The van der Waals surface area contributed by atoms with E-state index in [1.165, 1.54) is 19.4 Å². The first kappa shape index (κ1) is 36.6. The summed E-state index contributed by atoms with van der Waals surface area (Å²) in [6.07, 6.45) is 9.25. The number of hydrogen-bond acceptors (Lipinski definition) is 7. The van der Waals surface area contributed by atoms with Crippen molar-refractivity contribution in [2.24, 2.45) is 50.2 Å². The van der Waals surface area contributed by atoms with E-state index in [9.17, 15) is 19.2 Å². The standard InChI is InChI=1S/C42H59NO7/c1-26(44)49-31-24-39(7)32(38(5,6)35(31)50-27(2)45)17-18-41(9)33(39)16-15-29-30-23-37(3,4)19-21-42(30,22-20-40(29,41)8)36(47)48-25-34(46)43-28-13-11-10-12-14-28/h10-15,30-33,35H,16-25H2,1-9H3,(H,43,46)/t30-,31+,32-,33+,35-,39-,40+,41+,42-/m0/s1. The number of carbonyl (C=O) groups excluding carboxylic acids is 4. The van der Waals surface area contributed by atoms with Crippen LogP contribution in [-0.2, 0) is 33.4 Å². The number of benzene rings is 1. The van der Waals surface area contributed by atoms with Gasteiger partial charge in [-0.2, -0.15) is 0 Å². The van der Waals surface area contributed by atoms with Gasteiger partial charge in [-0.1, -0.05) is 78.3 Å². The third-order valence-electron chi connectivity index (χ3n) is 14.9. The van der Waals surface area contributed by atoms with E-state index in [1.54, 1.807) is 0 Å². The molecule has 0 saturated heterocycles. The smallest absolute Gasteiger partial charge is 0.313 e. The lowest BCUT2D eigenvalue weighted by Crippen LogP contribution is -2.67. The Balaban J connectivity index is 1.32. The Kier molecular flexibility index (Phi) is 9.16. The zero-order valence-electron chi connectivity index (χ0n) is 31.8. The van der Waals surface area contributed by atoms with Gasteiger partial charge in [0.15, 0.2) is 6.61 Å². The molecule has 6 rings (SSSR count). The van der Waals surface area contributed by atoms with E-state index in [0.717, 1.165) is 51.4 Å². The number of hydrogen-bond donors (Lipinski definition) is 1. The van der Waals surface area contributed by atoms with E-state index in [-0.39, 0.29) is 63.9 Å². The molecule has 1 aromatic carbocycles. The highest BCUT2D eigenvalue weighted by Crippen LogP contribution is 2.76. The number of rotatable bonds is 6. The van der Waals surface area contributed by atoms with Crippen molar-refractivity contribution in [3.63, 3.8) is 0 Å². The van der Waals surface area contributed by atoms with Gasteiger partial charge in [0.2, 0.25) is 0 Å². The monoisotopic (exact) mass is 689 g/mol. The Hall–Kier alpha value is -3.16. The first-order chi connectivity index (χ1) is 23.3. The summed E-state index contributed by atoms with van der Waals surface area (Å²) in [4.78, 5) is 51.9. The van der Waals surface area contributed by atoms with E-state index >= 15 is 0 Å². The second kappa shape index (κ2) is 12.5. The van der Waals surface area contributed by atoms with Crippen LogP contribution in [0.15, 0.2) is 42.0 Å². The first-order valence-electron chi connectivity index (χ1n) is 18.9.